The van der Waals surface area contributed by atoms with E-state index in [2.05, 4.69) is 84.0 Å². The zero-order valence-corrected chi connectivity index (χ0v) is 78.9. The second-order valence-electron chi connectivity index (χ2n) is 35.3. The summed E-state index contributed by atoms with van der Waals surface area (Å²) in [6, 6.07) is 68.1. The Labute approximate surface area is 796 Å². The molecular formula is C103H112ClN11O17S3. The Morgan fingerprint density at radius 3 is 1.27 bits per heavy atom. The molecule has 0 radical (unpaired) electrons. The number of aliphatic hydroxyl groups is 1. The van der Waals surface area contributed by atoms with Gasteiger partial charge in [0.1, 0.15) is 23.3 Å². The number of hydrogen-bond donors (Lipinski definition) is 6. The van der Waals surface area contributed by atoms with Crippen LogP contribution in [0.15, 0.2) is 251 Å². The minimum absolute atomic E-state index is 0. The fourth-order valence-corrected chi connectivity index (χ4v) is 21.4. The third-order valence-electron chi connectivity index (χ3n) is 25.9. The molecule has 4 saturated carbocycles. The summed E-state index contributed by atoms with van der Waals surface area (Å²) in [5.74, 6) is 5.74. The molecule has 12 aromatic rings. The number of rotatable bonds is 27. The number of nitrogens with zero attached hydrogens (tertiary/aromatic N) is 6. The maximum Gasteiger partial charge on any atom is 0.243 e. The SMILES string of the molecule is CC(C)NS(=O)(=O)c1ccc(-c2cccc(NC(=O)C3(c4ccc5c(c4)OCO5)CC3)n2)cc1.CCCCN(C)S(=O)(=O)c1ccc(-c2cccc(NC(=O)C3(c4ccc5c(c4)OCO5)CC3)n2)cc1.Cc1ccc(-c2cnc(NC(=O)C3(c4ccc5c(c4)OCO5)CC3)c(C)c2C)cc1.O=C(Nc1cccc(-c2ccc(S(=O)(=O)N3CCC[C@@H]3CO)cc2)n1)C1(c2ccc(Cl)cc2)CC1.[HH].[HH].[HH].[HH]. The third-order valence-corrected chi connectivity index (χ3v) is 31.7. The Balaban J connectivity index is 0.000000155. The number of aliphatic hydroxyl groups excluding tert-OH is 1. The molecule has 4 aliphatic carbocycles. The molecule has 0 unspecified atom stereocenters. The first-order valence-corrected chi connectivity index (χ1v) is 49.7. The van der Waals surface area contributed by atoms with Crippen molar-refractivity contribution in [3.8, 4) is 79.4 Å². The highest BCUT2D eigenvalue weighted by Crippen LogP contribution is 2.55. The van der Waals surface area contributed by atoms with E-state index in [1.54, 1.807) is 130 Å². The van der Waals surface area contributed by atoms with Crippen LogP contribution in [0.1, 0.15) is 142 Å². The maximum absolute atomic E-state index is 13.2. The molecule has 0 bridgehead atoms. The predicted molar refractivity (Wildman–Crippen MR) is 523 cm³/mol. The predicted octanol–water partition coefficient (Wildman–Crippen LogP) is 18.7. The molecule has 5 fully saturated rings. The number of fused-ring (bicyclic) bond motifs is 3. The van der Waals surface area contributed by atoms with Gasteiger partial charge in [-0.2, -0.15) is 4.31 Å². The van der Waals surface area contributed by atoms with Gasteiger partial charge >= 0.3 is 0 Å². The van der Waals surface area contributed by atoms with Crippen molar-refractivity contribution < 1.29 is 83.7 Å². The number of ether oxygens (including phenoxy) is 6. The Morgan fingerprint density at radius 1 is 0.481 bits per heavy atom. The number of nitrogens with one attached hydrogen (secondary N) is 5. The first-order valence-electron chi connectivity index (χ1n) is 45.0. The number of aromatic nitrogens is 4. The zero-order chi connectivity index (χ0) is 94.8. The molecule has 6 N–H and O–H groups in total. The van der Waals surface area contributed by atoms with Gasteiger partial charge in [-0.25, -0.2) is 54.2 Å². The highest BCUT2D eigenvalue weighted by molar-refractivity contribution is 7.90. The van der Waals surface area contributed by atoms with E-state index < -0.39 is 51.7 Å². The monoisotopic (exact) mass is 1910 g/mol. The van der Waals surface area contributed by atoms with Crippen LogP contribution in [-0.4, -0.2) is 142 Å². The van der Waals surface area contributed by atoms with Crippen LogP contribution in [0.25, 0.3) is 44.9 Å². The van der Waals surface area contributed by atoms with Crippen molar-refractivity contribution in [2.24, 2.45) is 0 Å². The van der Waals surface area contributed by atoms with E-state index in [1.165, 1.54) is 14.2 Å². The van der Waals surface area contributed by atoms with Gasteiger partial charge in [-0.1, -0.05) is 140 Å². The summed E-state index contributed by atoms with van der Waals surface area (Å²) >= 11 is 5.99. The lowest BCUT2D eigenvalue weighted by molar-refractivity contribution is -0.119. The molecule has 4 aliphatic heterocycles. The Kier molecular flexibility index (Phi) is 26.9. The van der Waals surface area contributed by atoms with Crippen molar-refractivity contribution in [1.29, 1.82) is 0 Å². The molecule has 1 saturated heterocycles. The second kappa shape index (κ2) is 38.8. The molecule has 8 heterocycles. The van der Waals surface area contributed by atoms with Crippen LogP contribution in [0.2, 0.25) is 5.02 Å². The van der Waals surface area contributed by atoms with Gasteiger partial charge in [0.2, 0.25) is 74.1 Å². The summed E-state index contributed by atoms with van der Waals surface area (Å²) < 4.78 is 114. The van der Waals surface area contributed by atoms with Crippen molar-refractivity contribution in [3.63, 3.8) is 0 Å². The molecule has 32 heteroatoms. The Bertz CT molecular complexity index is 6890. The first-order chi connectivity index (χ1) is 64.9. The molecular weight excluding hydrogens is 1790 g/mol. The summed E-state index contributed by atoms with van der Waals surface area (Å²) in [7, 11) is -9.18. The van der Waals surface area contributed by atoms with Crippen LogP contribution >= 0.6 is 11.6 Å². The number of aryl methyl sites for hydroxylation is 1. The summed E-state index contributed by atoms with van der Waals surface area (Å²) in [6.45, 7) is 13.1. The van der Waals surface area contributed by atoms with E-state index in [-0.39, 0.29) is 83.1 Å². The molecule has 20 rings (SSSR count). The van der Waals surface area contributed by atoms with Gasteiger partial charge < -0.3 is 54.8 Å². The van der Waals surface area contributed by atoms with Gasteiger partial charge in [0, 0.05) is 71.4 Å². The topological polar surface area (TPSA) is 364 Å². The molecule has 0 spiro atoms. The molecule has 1 atom stereocenters. The van der Waals surface area contributed by atoms with E-state index in [0.717, 1.165) is 138 Å². The Hall–Kier alpha value is -13.0. The van der Waals surface area contributed by atoms with Crippen LogP contribution in [0.4, 0.5) is 23.3 Å². The smallest absolute Gasteiger partial charge is 0.243 e. The van der Waals surface area contributed by atoms with E-state index >= 15 is 0 Å². The first kappa shape index (κ1) is 93.8. The van der Waals surface area contributed by atoms with Crippen LogP contribution < -0.4 is 54.4 Å². The van der Waals surface area contributed by atoms with Crippen molar-refractivity contribution in [2.75, 3.05) is 68.4 Å². The molecule has 706 valence electrons. The third kappa shape index (κ3) is 20.1. The van der Waals surface area contributed by atoms with Gasteiger partial charge in [-0.15, -0.1) is 0 Å². The number of anilines is 4. The van der Waals surface area contributed by atoms with Gasteiger partial charge in [0.25, 0.3) is 0 Å². The van der Waals surface area contributed by atoms with E-state index in [4.69, 9.17) is 40.0 Å². The number of halogens is 1. The van der Waals surface area contributed by atoms with Crippen molar-refractivity contribution in [2.45, 2.75) is 167 Å². The molecule has 4 amide bonds. The lowest BCUT2D eigenvalue weighted by Crippen LogP contribution is -2.37. The lowest BCUT2D eigenvalue weighted by atomic mass is 9.94. The van der Waals surface area contributed by atoms with Crippen LogP contribution in [0.3, 0.4) is 0 Å². The summed E-state index contributed by atoms with van der Waals surface area (Å²) in [5, 5.41) is 22.1. The van der Waals surface area contributed by atoms with Crippen molar-refractivity contribution >= 4 is 88.6 Å². The number of hydrogen-bond acceptors (Lipinski definition) is 21. The number of amides is 4. The number of benzene rings is 8. The summed E-state index contributed by atoms with van der Waals surface area (Å²) in [5.41, 5.74) is 11.1. The average molecular weight is 1910 g/mol. The molecule has 8 aromatic carbocycles. The zero-order valence-electron chi connectivity index (χ0n) is 75.7. The number of sulfonamides is 3. The largest absolute Gasteiger partial charge is 0.454 e. The average Bonchev–Trinajstić information content (AvgIpc) is 1.59. The quantitative estimate of drug-likeness (QED) is 0.0278. The minimum atomic E-state index is -3.67. The lowest BCUT2D eigenvalue weighted by Gasteiger charge is -2.22. The standard InChI is InChI=1S/C27H29N3O5S.C26H26ClN3O4S.C25H25N3O5S.C25H24N2O3.4H2/c1-3-4-16-30(2)36(32,33)21-11-8-19(9-12-21)22-6-5-7-25(28-22)29-26(31)27(14-15-27)20-10-13-23-24(17-20)35-18-34-23;27-20-10-8-19(9-11-20)26(14-15-26)25(32)29-24-5-1-4-23(28-24)18-6-12-22(13-7-18)35(33,34)30-16-2-3-21(30)17-31;1-16(2)28-34(30,31)19-9-6-17(7-10-19)20-4-3-5-23(26-20)27-24(29)25(12-13-25)18-8-11-21-22(14-18)33-15-32-21;1-15-4-6-18(7-5-15)20-13-26-23(17(3)16(20)2)27-24(28)25(10-11-25)19-8-9-21-22(12-19)30-14-29-21;;;;/h5-13,17H,3-4,14-16,18H2,1-2H3,(H,28,29,31);1,4-13,21,31H,2-3,14-17H2,(H,28,29,32);3-11,14,16,28H,12-13,15H2,1-2H3,(H,26,27,29);4-9,12-13H,10-11,14H2,1-3H3,(H,26,27,28);4*1H/t;21-;;;;;;/m.1....../s1. The normalized spacial score (nSPS) is 16.7. The fraction of sp³-hybridized carbons (Fsp3) is 0.301. The highest BCUT2D eigenvalue weighted by Gasteiger charge is 2.55. The second-order valence-corrected chi connectivity index (χ2v) is 41.4. The number of carbonyl (C=O) groups excluding carboxylic acids is 4. The van der Waals surface area contributed by atoms with Crippen molar-refractivity contribution in [1.82, 2.24) is 33.3 Å². The summed E-state index contributed by atoms with van der Waals surface area (Å²) in [6.07, 6.45) is 11.2. The van der Waals surface area contributed by atoms with Crippen LogP contribution in [0.5, 0.6) is 34.5 Å². The van der Waals surface area contributed by atoms with Gasteiger partial charge in [0.05, 0.1) is 60.0 Å². The number of unbranched alkanes of at least 4 members (excludes halogenated alkanes) is 1. The van der Waals surface area contributed by atoms with Gasteiger partial charge in [-0.05, 0) is 266 Å². The number of carbonyl (C=O) groups is 4. The summed E-state index contributed by atoms with van der Waals surface area (Å²) in [4.78, 5) is 71.7. The van der Waals surface area contributed by atoms with Gasteiger partial charge in [-0.3, -0.25) is 19.2 Å². The Morgan fingerprint density at radius 2 is 0.867 bits per heavy atom. The van der Waals surface area contributed by atoms with Gasteiger partial charge in [0.15, 0.2) is 34.5 Å². The van der Waals surface area contributed by atoms with Crippen LogP contribution in [0, 0.1) is 20.8 Å². The molecule has 8 aliphatic rings. The fourth-order valence-electron chi connectivity index (χ4n) is 17.1. The van der Waals surface area contributed by atoms with Crippen LogP contribution in [-0.2, 0) is 70.9 Å². The highest BCUT2D eigenvalue weighted by atomic mass is 35.5. The minimum Gasteiger partial charge on any atom is -0.454 e. The van der Waals surface area contributed by atoms with E-state index in [9.17, 15) is 49.5 Å². The maximum atomic E-state index is 13.2. The van der Waals surface area contributed by atoms with Crippen molar-refractivity contribution in [3.05, 3.63) is 281 Å². The molecule has 28 nitrogen and oxygen atoms in total. The van der Waals surface area contributed by atoms with E-state index in [0.29, 0.717) is 93.6 Å². The van der Waals surface area contributed by atoms with E-state index in [1.807, 2.05) is 117 Å². The molecule has 4 aromatic heterocycles. The number of pyridine rings is 4. The molecule has 135 heavy (non-hydrogen) atoms.